The van der Waals surface area contributed by atoms with Crippen molar-refractivity contribution < 1.29 is 0 Å². The second-order valence-electron chi connectivity index (χ2n) is 3.00. The van der Waals surface area contributed by atoms with E-state index in [1.165, 1.54) is 12.8 Å². The van der Waals surface area contributed by atoms with E-state index in [0.717, 1.165) is 18.9 Å². The Bertz CT molecular complexity index is 204. The first-order chi connectivity index (χ1) is 5.47. The smallest absolute Gasteiger partial charge is 0.109 e. The lowest BCUT2D eigenvalue weighted by molar-refractivity contribution is 0.447. The standard InChI is InChI=1S/C8H13N3.ClH/c1-3-9-4-2-7(1)8-10-5-6-11-8;/h5-7,9H,1-4H2,(H,10,11);1H. The average Bonchev–Trinajstić information content (AvgIpc) is 2.58. The Morgan fingerprint density at radius 1 is 1.33 bits per heavy atom. The van der Waals surface area contributed by atoms with E-state index in [-0.39, 0.29) is 12.4 Å². The first-order valence-corrected chi connectivity index (χ1v) is 4.17. The van der Waals surface area contributed by atoms with Crippen molar-refractivity contribution in [2.24, 2.45) is 0 Å². The number of rotatable bonds is 1. The Morgan fingerprint density at radius 2 is 2.08 bits per heavy atom. The maximum absolute atomic E-state index is 4.26. The summed E-state index contributed by atoms with van der Waals surface area (Å²) in [5.74, 6) is 1.82. The van der Waals surface area contributed by atoms with Crippen LogP contribution in [0.4, 0.5) is 0 Å². The summed E-state index contributed by atoms with van der Waals surface area (Å²) in [4.78, 5) is 7.42. The number of nitrogens with one attached hydrogen (secondary N) is 2. The third-order valence-corrected chi connectivity index (χ3v) is 2.25. The van der Waals surface area contributed by atoms with Gasteiger partial charge in [-0.05, 0) is 25.9 Å². The average molecular weight is 188 g/mol. The number of aromatic nitrogens is 2. The van der Waals surface area contributed by atoms with Crippen molar-refractivity contribution in [1.82, 2.24) is 15.3 Å². The quantitative estimate of drug-likeness (QED) is 0.696. The lowest BCUT2D eigenvalue weighted by Gasteiger charge is -2.20. The molecule has 4 heteroatoms. The Hall–Kier alpha value is -0.540. The molecule has 12 heavy (non-hydrogen) atoms. The Kier molecular flexibility index (Phi) is 3.56. The van der Waals surface area contributed by atoms with Gasteiger partial charge < -0.3 is 10.3 Å². The Morgan fingerprint density at radius 3 is 2.67 bits per heavy atom. The molecule has 0 atom stereocenters. The zero-order valence-corrected chi connectivity index (χ0v) is 7.73. The molecule has 0 bridgehead atoms. The van der Waals surface area contributed by atoms with Crippen LogP contribution in [0.1, 0.15) is 24.6 Å². The van der Waals surface area contributed by atoms with Gasteiger partial charge >= 0.3 is 0 Å². The highest BCUT2D eigenvalue weighted by atomic mass is 35.5. The van der Waals surface area contributed by atoms with Crippen molar-refractivity contribution in [2.75, 3.05) is 13.1 Å². The summed E-state index contributed by atoms with van der Waals surface area (Å²) in [6.45, 7) is 2.26. The third kappa shape index (κ3) is 1.99. The van der Waals surface area contributed by atoms with E-state index < -0.39 is 0 Å². The number of hydrogen-bond donors (Lipinski definition) is 2. The molecule has 2 N–H and O–H groups in total. The van der Waals surface area contributed by atoms with E-state index in [4.69, 9.17) is 0 Å². The van der Waals surface area contributed by atoms with Crippen molar-refractivity contribution in [3.8, 4) is 0 Å². The number of halogens is 1. The van der Waals surface area contributed by atoms with E-state index in [0.29, 0.717) is 5.92 Å². The predicted molar refractivity (Wildman–Crippen MR) is 50.7 cm³/mol. The molecule has 0 unspecified atom stereocenters. The van der Waals surface area contributed by atoms with Gasteiger partial charge in [0, 0.05) is 18.3 Å². The zero-order chi connectivity index (χ0) is 7.52. The van der Waals surface area contributed by atoms with E-state index in [1.54, 1.807) is 0 Å². The van der Waals surface area contributed by atoms with Crippen LogP contribution in [0.25, 0.3) is 0 Å². The fourth-order valence-corrected chi connectivity index (χ4v) is 1.60. The first kappa shape index (κ1) is 9.55. The Labute approximate surface area is 78.4 Å². The molecule has 0 aliphatic carbocycles. The number of aromatic amines is 1. The fraction of sp³-hybridized carbons (Fsp3) is 0.625. The molecule has 0 radical (unpaired) electrons. The Balaban J connectivity index is 0.000000720. The third-order valence-electron chi connectivity index (χ3n) is 2.25. The van der Waals surface area contributed by atoms with Gasteiger partial charge in [-0.1, -0.05) is 0 Å². The second-order valence-corrected chi connectivity index (χ2v) is 3.00. The van der Waals surface area contributed by atoms with Crippen LogP contribution in [-0.4, -0.2) is 23.1 Å². The number of piperidine rings is 1. The topological polar surface area (TPSA) is 40.7 Å². The summed E-state index contributed by atoms with van der Waals surface area (Å²) < 4.78 is 0. The van der Waals surface area contributed by atoms with Crippen molar-refractivity contribution in [3.05, 3.63) is 18.2 Å². The molecule has 1 aliphatic rings. The molecule has 1 aromatic heterocycles. The largest absolute Gasteiger partial charge is 0.348 e. The highest BCUT2D eigenvalue weighted by Gasteiger charge is 2.16. The zero-order valence-electron chi connectivity index (χ0n) is 6.92. The minimum absolute atomic E-state index is 0. The molecule has 1 fully saturated rings. The maximum atomic E-state index is 4.26. The van der Waals surface area contributed by atoms with Crippen LogP contribution in [-0.2, 0) is 0 Å². The van der Waals surface area contributed by atoms with Crippen molar-refractivity contribution in [2.45, 2.75) is 18.8 Å². The summed E-state index contributed by atoms with van der Waals surface area (Å²) in [5.41, 5.74) is 0. The van der Waals surface area contributed by atoms with Crippen LogP contribution in [0, 0.1) is 0 Å². The van der Waals surface area contributed by atoms with Gasteiger partial charge in [0.1, 0.15) is 5.82 Å². The van der Waals surface area contributed by atoms with Gasteiger partial charge in [-0.15, -0.1) is 12.4 Å². The molecular weight excluding hydrogens is 174 g/mol. The maximum Gasteiger partial charge on any atom is 0.109 e. The molecule has 1 aromatic rings. The summed E-state index contributed by atoms with van der Waals surface area (Å²) in [6, 6.07) is 0. The van der Waals surface area contributed by atoms with Gasteiger partial charge in [-0.25, -0.2) is 4.98 Å². The van der Waals surface area contributed by atoms with E-state index in [9.17, 15) is 0 Å². The molecule has 68 valence electrons. The van der Waals surface area contributed by atoms with Crippen molar-refractivity contribution >= 4 is 12.4 Å². The van der Waals surface area contributed by atoms with Crippen LogP contribution in [0.15, 0.2) is 12.4 Å². The van der Waals surface area contributed by atoms with Gasteiger partial charge in [0.15, 0.2) is 0 Å². The van der Waals surface area contributed by atoms with Gasteiger partial charge in [0.2, 0.25) is 0 Å². The summed E-state index contributed by atoms with van der Waals surface area (Å²) in [6.07, 6.45) is 6.16. The summed E-state index contributed by atoms with van der Waals surface area (Å²) >= 11 is 0. The van der Waals surface area contributed by atoms with E-state index in [2.05, 4.69) is 15.3 Å². The first-order valence-electron chi connectivity index (χ1n) is 4.17. The molecule has 3 nitrogen and oxygen atoms in total. The number of nitrogens with zero attached hydrogens (tertiary/aromatic N) is 1. The van der Waals surface area contributed by atoms with Gasteiger partial charge in [0.05, 0.1) is 0 Å². The molecule has 1 aliphatic heterocycles. The van der Waals surface area contributed by atoms with Crippen LogP contribution >= 0.6 is 12.4 Å². The summed E-state index contributed by atoms with van der Waals surface area (Å²) in [5, 5.41) is 3.33. The minimum Gasteiger partial charge on any atom is -0.348 e. The monoisotopic (exact) mass is 187 g/mol. The minimum atomic E-state index is 0. The van der Waals surface area contributed by atoms with Crippen LogP contribution in [0.2, 0.25) is 0 Å². The molecule has 0 spiro atoms. The number of imidazole rings is 1. The lowest BCUT2D eigenvalue weighted by atomic mass is 9.98. The van der Waals surface area contributed by atoms with Crippen LogP contribution in [0.3, 0.4) is 0 Å². The second kappa shape index (κ2) is 4.48. The molecule has 2 rings (SSSR count). The molecule has 0 saturated carbocycles. The van der Waals surface area contributed by atoms with Gasteiger partial charge in [0.25, 0.3) is 0 Å². The highest BCUT2D eigenvalue weighted by molar-refractivity contribution is 5.85. The summed E-state index contributed by atoms with van der Waals surface area (Å²) in [7, 11) is 0. The van der Waals surface area contributed by atoms with Gasteiger partial charge in [-0.3, -0.25) is 0 Å². The highest BCUT2D eigenvalue weighted by Crippen LogP contribution is 2.20. The van der Waals surface area contributed by atoms with E-state index >= 15 is 0 Å². The normalized spacial score (nSPS) is 18.7. The molecule has 1 saturated heterocycles. The molecule has 0 amide bonds. The molecular formula is C8H14ClN3. The predicted octanol–water partition coefficient (Wildman–Crippen LogP) is 1.30. The van der Waals surface area contributed by atoms with Crippen molar-refractivity contribution in [1.29, 1.82) is 0 Å². The van der Waals surface area contributed by atoms with Crippen molar-refractivity contribution in [3.63, 3.8) is 0 Å². The molecule has 2 heterocycles. The molecule has 0 aromatic carbocycles. The SMILES string of the molecule is Cl.c1c[nH]c(C2CCNCC2)n1. The fourth-order valence-electron chi connectivity index (χ4n) is 1.60. The van der Waals surface area contributed by atoms with Gasteiger partial charge in [-0.2, -0.15) is 0 Å². The van der Waals surface area contributed by atoms with Crippen LogP contribution in [0.5, 0.6) is 0 Å². The van der Waals surface area contributed by atoms with E-state index in [1.807, 2.05) is 12.4 Å². The lowest BCUT2D eigenvalue weighted by Crippen LogP contribution is -2.27. The van der Waals surface area contributed by atoms with Crippen LogP contribution < -0.4 is 5.32 Å². The number of hydrogen-bond acceptors (Lipinski definition) is 2. The number of H-pyrrole nitrogens is 1.